The van der Waals surface area contributed by atoms with E-state index in [1.54, 1.807) is 0 Å². The molecule has 0 heterocycles. The molecule has 3 heteroatoms. The molecule has 0 bridgehead atoms. The molecule has 0 spiro atoms. The molecule has 15 heavy (non-hydrogen) atoms. The van der Waals surface area contributed by atoms with Gasteiger partial charge in [0.25, 0.3) is 0 Å². The van der Waals surface area contributed by atoms with E-state index in [2.05, 4.69) is 6.92 Å². The first-order chi connectivity index (χ1) is 6.74. The number of hydrogen-bond donors (Lipinski definition) is 1. The molecule has 0 atom stereocenters. The molecule has 1 saturated carbocycles. The fraction of sp³-hybridized carbons (Fsp3) is 0.917. The molecule has 1 N–H and O–H groups in total. The fourth-order valence-electron chi connectivity index (χ4n) is 2.38. The van der Waals surface area contributed by atoms with Crippen molar-refractivity contribution >= 4 is 5.97 Å². The minimum absolute atomic E-state index is 0. The Morgan fingerprint density at radius 3 is 2.33 bits per heavy atom. The van der Waals surface area contributed by atoms with E-state index in [1.165, 1.54) is 25.7 Å². The normalized spacial score (nSPS) is 25.7. The maximum Gasteiger partial charge on any atom is 1.00 e. The van der Waals surface area contributed by atoms with Crippen LogP contribution in [0.15, 0.2) is 0 Å². The molecule has 84 valence electrons. The van der Waals surface area contributed by atoms with Gasteiger partial charge in [0.15, 0.2) is 0 Å². The minimum Gasteiger partial charge on any atom is -1.00 e. The first kappa shape index (κ1) is 15.5. The predicted molar refractivity (Wildman–Crippen MR) is 58.3 cm³/mol. The Hall–Kier alpha value is 0.470. The van der Waals surface area contributed by atoms with Crippen LogP contribution in [0.25, 0.3) is 0 Å². The topological polar surface area (TPSA) is 37.3 Å². The summed E-state index contributed by atoms with van der Waals surface area (Å²) in [7, 11) is 0. The van der Waals surface area contributed by atoms with Crippen LogP contribution in [-0.2, 0) is 4.79 Å². The van der Waals surface area contributed by atoms with Gasteiger partial charge in [-0.15, -0.1) is 0 Å². The number of unbranched alkanes of at least 4 members (excludes halogenated alkanes) is 2. The second-order valence-electron chi connectivity index (χ2n) is 4.55. The molecule has 0 radical (unpaired) electrons. The summed E-state index contributed by atoms with van der Waals surface area (Å²) in [5.74, 6) is 0.187. The van der Waals surface area contributed by atoms with Gasteiger partial charge in [-0.1, -0.05) is 32.6 Å². The number of rotatable bonds is 5. The number of carboxylic acid groups (broad SMARTS) is 1. The van der Waals surface area contributed by atoms with Crippen LogP contribution in [0.2, 0.25) is 0 Å². The van der Waals surface area contributed by atoms with E-state index < -0.39 is 5.97 Å². The number of carboxylic acids is 1. The van der Waals surface area contributed by atoms with Gasteiger partial charge in [-0.25, -0.2) is 0 Å². The summed E-state index contributed by atoms with van der Waals surface area (Å²) >= 11 is 0. The van der Waals surface area contributed by atoms with Crippen molar-refractivity contribution in [3.05, 3.63) is 0 Å². The summed E-state index contributed by atoms with van der Waals surface area (Å²) in [4.78, 5) is 10.7. The fourth-order valence-corrected chi connectivity index (χ4v) is 2.38. The van der Waals surface area contributed by atoms with Crippen molar-refractivity contribution in [1.29, 1.82) is 0 Å². The minimum atomic E-state index is -0.586. The Morgan fingerprint density at radius 1 is 1.27 bits per heavy atom. The first-order valence-corrected chi connectivity index (χ1v) is 5.96. The second-order valence-corrected chi connectivity index (χ2v) is 4.55. The Balaban J connectivity index is 0. The Labute approximate surface area is 117 Å². The van der Waals surface area contributed by atoms with E-state index in [4.69, 9.17) is 5.11 Å². The molecule has 0 aromatic rings. The molecule has 0 unspecified atom stereocenters. The number of aliphatic carboxylic acids is 1. The predicted octanol–water partition coefficient (Wildman–Crippen LogP) is 0.574. The smallest absolute Gasteiger partial charge is 1.00 e. The van der Waals surface area contributed by atoms with Gasteiger partial charge in [0.1, 0.15) is 0 Å². The van der Waals surface area contributed by atoms with E-state index in [1.807, 2.05) is 0 Å². The maximum absolute atomic E-state index is 10.7. The molecule has 1 rings (SSSR count). The molecule has 1 aliphatic carbocycles. The van der Waals surface area contributed by atoms with E-state index in [0.717, 1.165) is 31.6 Å². The van der Waals surface area contributed by atoms with Crippen molar-refractivity contribution in [3.8, 4) is 0 Å². The summed E-state index contributed by atoms with van der Waals surface area (Å²) < 4.78 is 0. The quantitative estimate of drug-likeness (QED) is 0.545. The van der Waals surface area contributed by atoms with E-state index >= 15 is 0 Å². The number of hydrogen-bond acceptors (Lipinski definition) is 1. The molecule has 0 saturated heterocycles. The monoisotopic (exact) mass is 222 g/mol. The standard InChI is InChI=1S/C12H22O2.Na.H/c1-2-3-4-5-10-6-8-11(9-7-10)12(13)14;;/h10-11H,2-9H2,1H3,(H,13,14);;/q;+1;-1. The van der Waals surface area contributed by atoms with Gasteiger partial charge < -0.3 is 6.53 Å². The molecule has 1 aliphatic rings. The third kappa shape index (κ3) is 5.94. The van der Waals surface area contributed by atoms with Gasteiger partial charge in [-0.05, 0) is 31.6 Å². The summed E-state index contributed by atoms with van der Waals surface area (Å²) in [6.07, 6.45) is 9.36. The van der Waals surface area contributed by atoms with Gasteiger partial charge in [-0.2, -0.15) is 0 Å². The van der Waals surface area contributed by atoms with Crippen LogP contribution < -0.4 is 29.6 Å². The van der Waals surface area contributed by atoms with Gasteiger partial charge >= 0.3 is 35.5 Å². The summed E-state index contributed by atoms with van der Waals surface area (Å²) in [5.41, 5.74) is 0. The Bertz CT molecular complexity index is 180. The van der Waals surface area contributed by atoms with Crippen molar-refractivity contribution in [2.24, 2.45) is 11.8 Å². The molecule has 0 aliphatic heterocycles. The molecular weight excluding hydrogens is 199 g/mol. The van der Waals surface area contributed by atoms with Gasteiger partial charge in [0.05, 0.1) is 5.92 Å². The first-order valence-electron chi connectivity index (χ1n) is 5.96. The van der Waals surface area contributed by atoms with Gasteiger partial charge in [-0.3, -0.25) is 4.79 Å². The van der Waals surface area contributed by atoms with Gasteiger partial charge in [0.2, 0.25) is 0 Å². The van der Waals surface area contributed by atoms with Crippen LogP contribution in [0.3, 0.4) is 0 Å². The zero-order valence-electron chi connectivity index (χ0n) is 11.2. The van der Waals surface area contributed by atoms with Crippen LogP contribution in [0, 0.1) is 11.8 Å². The molecular formula is C12H23NaO2. The molecule has 1 fully saturated rings. The van der Waals surface area contributed by atoms with Crippen molar-refractivity contribution < 1.29 is 40.9 Å². The van der Waals surface area contributed by atoms with E-state index in [9.17, 15) is 4.79 Å². The third-order valence-corrected chi connectivity index (χ3v) is 3.41. The van der Waals surface area contributed by atoms with Crippen LogP contribution in [-0.4, -0.2) is 11.1 Å². The molecule has 0 aromatic carbocycles. The Kier molecular flexibility index (Phi) is 8.87. The van der Waals surface area contributed by atoms with Crippen molar-refractivity contribution in [1.82, 2.24) is 0 Å². The summed E-state index contributed by atoms with van der Waals surface area (Å²) in [5, 5.41) is 8.84. The second kappa shape index (κ2) is 8.60. The average Bonchev–Trinajstić information content (AvgIpc) is 2.19. The van der Waals surface area contributed by atoms with E-state index in [-0.39, 0.29) is 36.9 Å². The maximum atomic E-state index is 10.7. The Morgan fingerprint density at radius 2 is 1.87 bits per heavy atom. The van der Waals surface area contributed by atoms with Crippen LogP contribution in [0.5, 0.6) is 0 Å². The molecule has 0 amide bonds. The van der Waals surface area contributed by atoms with Crippen LogP contribution in [0.4, 0.5) is 0 Å². The number of carbonyl (C=O) groups is 1. The van der Waals surface area contributed by atoms with Crippen molar-refractivity contribution in [2.75, 3.05) is 0 Å². The van der Waals surface area contributed by atoms with Gasteiger partial charge in [0, 0.05) is 0 Å². The largest absolute Gasteiger partial charge is 1.00 e. The molecule has 2 nitrogen and oxygen atoms in total. The summed E-state index contributed by atoms with van der Waals surface area (Å²) in [6.45, 7) is 2.22. The zero-order valence-corrected chi connectivity index (χ0v) is 12.2. The zero-order chi connectivity index (χ0) is 10.4. The van der Waals surface area contributed by atoms with Crippen LogP contribution in [0.1, 0.15) is 59.7 Å². The SMILES string of the molecule is CCCCCC1CCC(C(=O)O)CC1.[H-].[Na+]. The molecule has 0 aromatic heterocycles. The van der Waals surface area contributed by atoms with Crippen molar-refractivity contribution in [2.45, 2.75) is 58.3 Å². The van der Waals surface area contributed by atoms with Crippen molar-refractivity contribution in [3.63, 3.8) is 0 Å². The van der Waals surface area contributed by atoms with E-state index in [0.29, 0.717) is 0 Å². The summed E-state index contributed by atoms with van der Waals surface area (Å²) in [6, 6.07) is 0. The van der Waals surface area contributed by atoms with Crippen LogP contribution >= 0.6 is 0 Å². The average molecular weight is 222 g/mol. The third-order valence-electron chi connectivity index (χ3n) is 3.41.